The lowest BCUT2D eigenvalue weighted by Gasteiger charge is -2.09. The maximum absolute atomic E-state index is 11.6. The van der Waals surface area contributed by atoms with Crippen LogP contribution >= 0.6 is 0 Å². The molecule has 0 saturated carbocycles. The topological polar surface area (TPSA) is 139 Å². The van der Waals surface area contributed by atoms with Gasteiger partial charge in [-0.2, -0.15) is 5.21 Å². The van der Waals surface area contributed by atoms with Crippen LogP contribution in [0.4, 0.5) is 11.4 Å². The number of aromatic amines is 1. The summed E-state index contributed by atoms with van der Waals surface area (Å²) in [5, 5.41) is 16.3. The summed E-state index contributed by atoms with van der Waals surface area (Å²) in [7, 11) is -2.15. The molecule has 0 fully saturated rings. The molecule has 1 heterocycles. The van der Waals surface area contributed by atoms with Crippen LogP contribution in [-0.2, 0) is 16.6 Å². The number of nitrogen functional groups attached to an aromatic ring is 1. The van der Waals surface area contributed by atoms with Gasteiger partial charge in [-0.15, -0.1) is 10.2 Å². The second-order valence-electron chi connectivity index (χ2n) is 3.64. The number of nitrogens with two attached hydrogens (primary N) is 1. The van der Waals surface area contributed by atoms with Crippen molar-refractivity contribution in [2.45, 2.75) is 11.4 Å². The number of hydrogen-bond acceptors (Lipinski definition) is 7. The Balaban J connectivity index is 2.16. The Morgan fingerprint density at radius 2 is 2.21 bits per heavy atom. The molecule has 2 rings (SSSR count). The zero-order chi connectivity index (χ0) is 13.9. The van der Waals surface area contributed by atoms with Gasteiger partial charge in [0.25, 0.3) is 0 Å². The van der Waals surface area contributed by atoms with Crippen molar-refractivity contribution in [1.29, 1.82) is 0 Å². The van der Waals surface area contributed by atoms with Crippen molar-refractivity contribution in [1.82, 2.24) is 25.3 Å². The molecule has 19 heavy (non-hydrogen) atoms. The highest BCUT2D eigenvalue weighted by molar-refractivity contribution is 7.89. The molecule has 2 aromatic rings. The summed E-state index contributed by atoms with van der Waals surface area (Å²) in [5.74, 6) is 0.478. The van der Waals surface area contributed by atoms with Crippen LogP contribution in [0.25, 0.3) is 0 Å². The van der Waals surface area contributed by atoms with Crippen LogP contribution in [0, 0.1) is 0 Å². The standard InChI is InChI=1S/C9H13N7O2S/c1-11-19(17,18)6-2-3-8(7(10)4-6)12-5-9-13-15-16-14-9/h2-4,11-12H,5,10H2,1H3,(H,13,14,15,16). The second kappa shape index (κ2) is 5.20. The summed E-state index contributed by atoms with van der Waals surface area (Å²) in [6, 6.07) is 4.42. The van der Waals surface area contributed by atoms with Gasteiger partial charge >= 0.3 is 0 Å². The first-order valence-corrected chi connectivity index (χ1v) is 6.80. The molecule has 0 aliphatic carbocycles. The summed E-state index contributed by atoms with van der Waals surface area (Å²) in [6.07, 6.45) is 0. The van der Waals surface area contributed by atoms with E-state index in [2.05, 4.69) is 30.7 Å². The number of benzene rings is 1. The summed E-state index contributed by atoms with van der Waals surface area (Å²) in [4.78, 5) is 0.109. The van der Waals surface area contributed by atoms with Crippen LogP contribution in [0.15, 0.2) is 23.1 Å². The third-order valence-corrected chi connectivity index (χ3v) is 3.84. The lowest BCUT2D eigenvalue weighted by Crippen LogP contribution is -2.18. The van der Waals surface area contributed by atoms with Crippen LogP contribution in [-0.4, -0.2) is 36.1 Å². The molecule has 1 aromatic heterocycles. The van der Waals surface area contributed by atoms with Crippen molar-refractivity contribution in [3.05, 3.63) is 24.0 Å². The van der Waals surface area contributed by atoms with E-state index < -0.39 is 10.0 Å². The molecular formula is C9H13N7O2S. The average molecular weight is 283 g/mol. The molecule has 0 amide bonds. The third kappa shape index (κ3) is 2.98. The molecular weight excluding hydrogens is 270 g/mol. The van der Waals surface area contributed by atoms with Crippen LogP contribution in [0.3, 0.4) is 0 Å². The molecule has 0 spiro atoms. The van der Waals surface area contributed by atoms with Gasteiger partial charge in [-0.1, -0.05) is 5.21 Å². The Labute approximate surface area is 109 Å². The van der Waals surface area contributed by atoms with E-state index in [0.29, 0.717) is 23.7 Å². The molecule has 0 radical (unpaired) electrons. The quantitative estimate of drug-likeness (QED) is 0.532. The lowest BCUT2D eigenvalue weighted by molar-refractivity contribution is 0.588. The van der Waals surface area contributed by atoms with Crippen LogP contribution in [0.5, 0.6) is 0 Å². The van der Waals surface area contributed by atoms with Gasteiger partial charge in [0.05, 0.1) is 22.8 Å². The minimum atomic E-state index is -3.49. The molecule has 0 unspecified atom stereocenters. The van der Waals surface area contributed by atoms with Crippen molar-refractivity contribution in [2.24, 2.45) is 0 Å². The predicted octanol–water partition coefficient (Wildman–Crippen LogP) is -0.698. The SMILES string of the molecule is CNS(=O)(=O)c1ccc(NCc2nn[nH]n2)c(N)c1. The summed E-state index contributed by atoms with van der Waals surface area (Å²) >= 11 is 0. The van der Waals surface area contributed by atoms with Crippen molar-refractivity contribution in [2.75, 3.05) is 18.1 Å². The number of tetrazole rings is 1. The molecule has 10 heteroatoms. The highest BCUT2D eigenvalue weighted by Crippen LogP contribution is 2.22. The summed E-state index contributed by atoms with van der Waals surface area (Å²) < 4.78 is 25.4. The van der Waals surface area contributed by atoms with Crippen molar-refractivity contribution in [3.8, 4) is 0 Å². The van der Waals surface area contributed by atoms with E-state index >= 15 is 0 Å². The van der Waals surface area contributed by atoms with Crippen molar-refractivity contribution >= 4 is 21.4 Å². The molecule has 0 atom stereocenters. The molecule has 0 aliphatic rings. The minimum absolute atomic E-state index is 0.109. The number of aromatic nitrogens is 4. The number of nitrogens with zero attached hydrogens (tertiary/aromatic N) is 3. The first-order valence-electron chi connectivity index (χ1n) is 5.32. The van der Waals surface area contributed by atoms with Gasteiger partial charge in [-0.3, -0.25) is 0 Å². The van der Waals surface area contributed by atoms with E-state index in [-0.39, 0.29) is 4.90 Å². The number of sulfonamides is 1. The molecule has 0 saturated heterocycles. The molecule has 0 aliphatic heterocycles. The molecule has 102 valence electrons. The Kier molecular flexibility index (Phi) is 3.62. The average Bonchev–Trinajstić information content (AvgIpc) is 2.90. The summed E-state index contributed by atoms with van der Waals surface area (Å²) in [6.45, 7) is 0.332. The van der Waals surface area contributed by atoms with Crippen LogP contribution in [0.2, 0.25) is 0 Å². The number of rotatable bonds is 5. The largest absolute Gasteiger partial charge is 0.397 e. The third-order valence-electron chi connectivity index (χ3n) is 2.43. The van der Waals surface area contributed by atoms with Gasteiger partial charge in [0.2, 0.25) is 10.0 Å². The fourth-order valence-corrected chi connectivity index (χ4v) is 2.18. The Morgan fingerprint density at radius 3 is 2.79 bits per heavy atom. The minimum Gasteiger partial charge on any atom is -0.397 e. The fraction of sp³-hybridized carbons (Fsp3) is 0.222. The van der Waals surface area contributed by atoms with Crippen molar-refractivity contribution < 1.29 is 8.42 Å². The predicted molar refractivity (Wildman–Crippen MR) is 68.6 cm³/mol. The second-order valence-corrected chi connectivity index (χ2v) is 5.52. The van der Waals surface area contributed by atoms with E-state index in [4.69, 9.17) is 5.73 Å². The van der Waals surface area contributed by atoms with Crippen LogP contribution in [0.1, 0.15) is 5.82 Å². The number of anilines is 2. The Bertz CT molecular complexity index is 653. The molecule has 0 bridgehead atoms. The van der Waals surface area contributed by atoms with Gasteiger partial charge in [0, 0.05) is 0 Å². The monoisotopic (exact) mass is 283 g/mol. The molecule has 9 nitrogen and oxygen atoms in total. The zero-order valence-electron chi connectivity index (χ0n) is 10.1. The maximum atomic E-state index is 11.6. The number of nitrogens with one attached hydrogen (secondary N) is 3. The van der Waals surface area contributed by atoms with Gasteiger partial charge in [-0.05, 0) is 25.2 Å². The van der Waals surface area contributed by atoms with Gasteiger partial charge in [-0.25, -0.2) is 13.1 Å². The van der Waals surface area contributed by atoms with Crippen LogP contribution < -0.4 is 15.8 Å². The first kappa shape index (κ1) is 13.2. The number of H-pyrrole nitrogens is 1. The highest BCUT2D eigenvalue weighted by Gasteiger charge is 2.12. The zero-order valence-corrected chi connectivity index (χ0v) is 10.9. The van der Waals surface area contributed by atoms with E-state index in [1.165, 1.54) is 19.2 Å². The molecule has 5 N–H and O–H groups in total. The maximum Gasteiger partial charge on any atom is 0.240 e. The number of hydrogen-bond donors (Lipinski definition) is 4. The Morgan fingerprint density at radius 1 is 1.42 bits per heavy atom. The highest BCUT2D eigenvalue weighted by atomic mass is 32.2. The fourth-order valence-electron chi connectivity index (χ4n) is 1.42. The van der Waals surface area contributed by atoms with Gasteiger partial charge in [0.1, 0.15) is 0 Å². The smallest absolute Gasteiger partial charge is 0.240 e. The summed E-state index contributed by atoms with van der Waals surface area (Å²) in [5.41, 5.74) is 6.71. The van der Waals surface area contributed by atoms with Crippen molar-refractivity contribution in [3.63, 3.8) is 0 Å². The Hall–Kier alpha value is -2.20. The normalized spacial score (nSPS) is 11.4. The van der Waals surface area contributed by atoms with E-state index in [0.717, 1.165) is 0 Å². The van der Waals surface area contributed by atoms with E-state index in [1.54, 1.807) is 6.07 Å². The molecule has 1 aromatic carbocycles. The lowest BCUT2D eigenvalue weighted by atomic mass is 10.2. The van der Waals surface area contributed by atoms with Gasteiger partial charge < -0.3 is 11.1 Å². The van der Waals surface area contributed by atoms with E-state index in [9.17, 15) is 8.42 Å². The first-order chi connectivity index (χ1) is 9.03. The van der Waals surface area contributed by atoms with E-state index in [1.807, 2.05) is 0 Å². The van der Waals surface area contributed by atoms with Gasteiger partial charge in [0.15, 0.2) is 5.82 Å².